The highest BCUT2D eigenvalue weighted by molar-refractivity contribution is 9.11. The van der Waals surface area contributed by atoms with Crippen molar-refractivity contribution in [2.24, 2.45) is 0 Å². The zero-order chi connectivity index (χ0) is 12.7. The molecule has 0 bridgehead atoms. The molecule has 0 saturated heterocycles. The Kier molecular flexibility index (Phi) is 6.77. The summed E-state index contributed by atoms with van der Waals surface area (Å²) in [6.45, 7) is 3.98. The molecule has 0 aliphatic carbocycles. The lowest BCUT2D eigenvalue weighted by Crippen LogP contribution is -2.25. The number of rotatable bonds is 6. The first-order valence-electron chi connectivity index (χ1n) is 5.46. The number of carbonyl (C=O) groups excluding carboxylic acids is 1. The molecular formula is C12H15Br2NO2. The molecule has 0 heterocycles. The fraction of sp³-hybridized carbons (Fsp3) is 0.417. The summed E-state index contributed by atoms with van der Waals surface area (Å²) >= 11 is 6.71. The van der Waals surface area contributed by atoms with Crippen LogP contribution in [-0.2, 0) is 4.74 Å². The minimum absolute atomic E-state index is 0.0686. The van der Waals surface area contributed by atoms with Crippen LogP contribution in [-0.4, -0.2) is 25.7 Å². The Morgan fingerprint density at radius 3 is 2.82 bits per heavy atom. The molecule has 0 radical (unpaired) electrons. The number of hydrogen-bond donors (Lipinski definition) is 1. The van der Waals surface area contributed by atoms with Crippen molar-refractivity contribution < 1.29 is 9.53 Å². The van der Waals surface area contributed by atoms with Crippen LogP contribution in [0.2, 0.25) is 0 Å². The molecule has 0 aliphatic rings. The molecule has 1 amide bonds. The summed E-state index contributed by atoms with van der Waals surface area (Å²) in [6.07, 6.45) is 0.827. The zero-order valence-electron chi connectivity index (χ0n) is 9.63. The van der Waals surface area contributed by atoms with E-state index in [9.17, 15) is 4.79 Å². The highest BCUT2D eigenvalue weighted by Crippen LogP contribution is 2.21. The first-order valence-corrected chi connectivity index (χ1v) is 7.04. The third kappa shape index (κ3) is 5.19. The van der Waals surface area contributed by atoms with Crippen molar-refractivity contribution in [3.63, 3.8) is 0 Å². The second-order valence-electron chi connectivity index (χ2n) is 3.43. The molecule has 0 fully saturated rings. The van der Waals surface area contributed by atoms with E-state index in [-0.39, 0.29) is 5.91 Å². The van der Waals surface area contributed by atoms with Crippen LogP contribution in [0.5, 0.6) is 0 Å². The Morgan fingerprint density at radius 1 is 1.41 bits per heavy atom. The van der Waals surface area contributed by atoms with Crippen molar-refractivity contribution in [3.05, 3.63) is 32.7 Å². The Morgan fingerprint density at radius 2 is 2.18 bits per heavy atom. The maximum absolute atomic E-state index is 11.8. The molecule has 0 saturated carbocycles. The first-order chi connectivity index (χ1) is 8.15. The number of nitrogens with one attached hydrogen (secondary N) is 1. The second-order valence-corrected chi connectivity index (χ2v) is 5.20. The number of hydrogen-bond acceptors (Lipinski definition) is 2. The summed E-state index contributed by atoms with van der Waals surface area (Å²) < 4.78 is 6.92. The van der Waals surface area contributed by atoms with Gasteiger partial charge in [0, 0.05) is 28.7 Å². The van der Waals surface area contributed by atoms with E-state index in [1.165, 1.54) is 0 Å². The van der Waals surface area contributed by atoms with E-state index in [2.05, 4.69) is 37.2 Å². The summed E-state index contributed by atoms with van der Waals surface area (Å²) in [5.74, 6) is -0.0686. The summed E-state index contributed by atoms with van der Waals surface area (Å²) in [4.78, 5) is 11.8. The molecule has 0 aromatic heterocycles. The van der Waals surface area contributed by atoms with E-state index in [0.717, 1.165) is 15.4 Å². The van der Waals surface area contributed by atoms with Gasteiger partial charge in [-0.15, -0.1) is 0 Å². The van der Waals surface area contributed by atoms with Gasteiger partial charge in [0.1, 0.15) is 0 Å². The predicted molar refractivity (Wildman–Crippen MR) is 75.3 cm³/mol. The van der Waals surface area contributed by atoms with E-state index < -0.39 is 0 Å². The molecule has 5 heteroatoms. The van der Waals surface area contributed by atoms with Gasteiger partial charge in [0.05, 0.1) is 5.56 Å². The van der Waals surface area contributed by atoms with Crippen LogP contribution in [0, 0.1) is 0 Å². The van der Waals surface area contributed by atoms with Crippen LogP contribution < -0.4 is 5.32 Å². The molecule has 1 N–H and O–H groups in total. The van der Waals surface area contributed by atoms with Crippen LogP contribution in [0.4, 0.5) is 0 Å². The molecule has 0 spiro atoms. The Hall–Kier alpha value is -0.390. The molecular weight excluding hydrogens is 350 g/mol. The largest absolute Gasteiger partial charge is 0.382 e. The van der Waals surface area contributed by atoms with Gasteiger partial charge >= 0.3 is 0 Å². The van der Waals surface area contributed by atoms with Crippen LogP contribution in [0.1, 0.15) is 23.7 Å². The number of benzene rings is 1. The molecule has 0 unspecified atom stereocenters. The first kappa shape index (κ1) is 14.7. The Balaban J connectivity index is 2.42. The summed E-state index contributed by atoms with van der Waals surface area (Å²) in [6, 6.07) is 5.49. The van der Waals surface area contributed by atoms with Gasteiger partial charge in [-0.3, -0.25) is 4.79 Å². The van der Waals surface area contributed by atoms with E-state index in [4.69, 9.17) is 4.74 Å². The molecule has 1 rings (SSSR count). The van der Waals surface area contributed by atoms with Crippen molar-refractivity contribution >= 4 is 37.8 Å². The Labute approximate surface area is 118 Å². The summed E-state index contributed by atoms with van der Waals surface area (Å²) in [7, 11) is 0. The molecule has 17 heavy (non-hydrogen) atoms. The van der Waals surface area contributed by atoms with Gasteiger partial charge < -0.3 is 10.1 Å². The third-order valence-corrected chi connectivity index (χ3v) is 3.28. The average Bonchev–Trinajstić information content (AvgIpc) is 2.28. The van der Waals surface area contributed by atoms with Gasteiger partial charge in [0.25, 0.3) is 5.91 Å². The lowest BCUT2D eigenvalue weighted by molar-refractivity contribution is 0.0943. The topological polar surface area (TPSA) is 38.3 Å². The maximum atomic E-state index is 11.8. The zero-order valence-corrected chi connectivity index (χ0v) is 12.8. The van der Waals surface area contributed by atoms with Gasteiger partial charge in [0.15, 0.2) is 0 Å². The van der Waals surface area contributed by atoms with Crippen molar-refractivity contribution in [3.8, 4) is 0 Å². The smallest absolute Gasteiger partial charge is 0.252 e. The van der Waals surface area contributed by atoms with E-state index in [0.29, 0.717) is 25.3 Å². The summed E-state index contributed by atoms with van der Waals surface area (Å²) in [5.41, 5.74) is 0.643. The van der Waals surface area contributed by atoms with Crippen molar-refractivity contribution in [2.45, 2.75) is 13.3 Å². The monoisotopic (exact) mass is 363 g/mol. The SMILES string of the molecule is CCOCCCNC(=O)c1ccc(Br)cc1Br. The summed E-state index contributed by atoms with van der Waals surface area (Å²) in [5, 5.41) is 2.85. The molecule has 1 aromatic carbocycles. The fourth-order valence-electron chi connectivity index (χ4n) is 1.29. The average molecular weight is 365 g/mol. The molecule has 94 valence electrons. The molecule has 1 aromatic rings. The van der Waals surface area contributed by atoms with Crippen molar-refractivity contribution in [2.75, 3.05) is 19.8 Å². The highest BCUT2D eigenvalue weighted by atomic mass is 79.9. The van der Waals surface area contributed by atoms with Crippen molar-refractivity contribution in [1.29, 1.82) is 0 Å². The molecule has 0 atom stereocenters. The number of carbonyl (C=O) groups is 1. The van der Waals surface area contributed by atoms with Gasteiger partial charge in [-0.2, -0.15) is 0 Å². The Bertz CT molecular complexity index is 383. The van der Waals surface area contributed by atoms with E-state index in [1.54, 1.807) is 6.07 Å². The van der Waals surface area contributed by atoms with Gasteiger partial charge in [-0.05, 0) is 47.5 Å². The van der Waals surface area contributed by atoms with Crippen LogP contribution in [0.3, 0.4) is 0 Å². The van der Waals surface area contributed by atoms with E-state index >= 15 is 0 Å². The lowest BCUT2D eigenvalue weighted by atomic mass is 10.2. The number of ether oxygens (including phenoxy) is 1. The van der Waals surface area contributed by atoms with Gasteiger partial charge in [-0.1, -0.05) is 15.9 Å². The fourth-order valence-corrected chi connectivity index (χ4v) is 2.52. The van der Waals surface area contributed by atoms with Crippen LogP contribution >= 0.6 is 31.9 Å². The highest BCUT2D eigenvalue weighted by Gasteiger charge is 2.09. The van der Waals surface area contributed by atoms with Crippen LogP contribution in [0.15, 0.2) is 27.1 Å². The van der Waals surface area contributed by atoms with Gasteiger partial charge in [-0.25, -0.2) is 0 Å². The molecule has 0 aliphatic heterocycles. The lowest BCUT2D eigenvalue weighted by Gasteiger charge is -2.07. The normalized spacial score (nSPS) is 10.3. The standard InChI is InChI=1S/C12H15Br2NO2/c1-2-17-7-3-6-15-12(16)10-5-4-9(13)8-11(10)14/h4-5,8H,2-3,6-7H2,1H3,(H,15,16). The van der Waals surface area contributed by atoms with Gasteiger partial charge in [0.2, 0.25) is 0 Å². The minimum atomic E-state index is -0.0686. The maximum Gasteiger partial charge on any atom is 0.252 e. The quantitative estimate of drug-likeness (QED) is 0.786. The van der Waals surface area contributed by atoms with E-state index in [1.807, 2.05) is 19.1 Å². The number of halogens is 2. The molecule has 3 nitrogen and oxygen atoms in total. The van der Waals surface area contributed by atoms with Crippen LogP contribution in [0.25, 0.3) is 0 Å². The number of amides is 1. The predicted octanol–water partition coefficient (Wildman–Crippen LogP) is 3.37. The van der Waals surface area contributed by atoms with Crippen molar-refractivity contribution in [1.82, 2.24) is 5.32 Å². The minimum Gasteiger partial charge on any atom is -0.382 e. The second kappa shape index (κ2) is 7.84. The third-order valence-electron chi connectivity index (χ3n) is 2.13.